The third-order valence-electron chi connectivity index (χ3n) is 15.2. The van der Waals surface area contributed by atoms with Crippen molar-refractivity contribution in [2.45, 2.75) is 37.5 Å². The maximum absolute atomic E-state index is 6.13. The van der Waals surface area contributed by atoms with Crippen molar-refractivity contribution in [3.8, 4) is 44.8 Å². The highest BCUT2D eigenvalue weighted by Crippen LogP contribution is 2.56. The van der Waals surface area contributed by atoms with E-state index in [-0.39, 0.29) is 5.41 Å². The summed E-state index contributed by atoms with van der Waals surface area (Å²) in [5, 5.41) is 2.45. The van der Waals surface area contributed by atoms with Crippen LogP contribution in [-0.4, -0.2) is 11.2 Å². The van der Waals surface area contributed by atoms with Crippen LogP contribution in [0.3, 0.4) is 0 Å². The average molecular weight is 955 g/mol. The van der Waals surface area contributed by atoms with Gasteiger partial charge in [-0.3, -0.25) is 0 Å². The standard InChI is InChI=1S/C71H58N2O/c1-3-51-28-32-53(33-29-51)55-36-44-69-65(48-55)66-49-56(37-45-70(66)73(69)59-24-14-9-15-25-59)54-34-38-60(39-35-54)72(58-22-12-8-13-23-58)61-40-43-64-63-26-16-17-27-67(63)71(68(64)50-61,57-20-10-7-11-21-57)46-18-5-6-19-47-74-62-41-30-52(4-2)31-42-62/h3-4,7-17,20-45,48-50H,1-2,5-6,18-19,46-47H2. The molecule has 74 heavy (non-hydrogen) atoms. The molecule has 0 fully saturated rings. The zero-order chi connectivity index (χ0) is 49.8. The fraction of sp³-hybridized carbons (Fsp3) is 0.0986. The Hall–Kier alpha value is -8.92. The van der Waals surface area contributed by atoms with Gasteiger partial charge in [0.15, 0.2) is 0 Å². The van der Waals surface area contributed by atoms with Crippen molar-refractivity contribution in [1.29, 1.82) is 0 Å². The van der Waals surface area contributed by atoms with Crippen molar-refractivity contribution in [3.63, 3.8) is 0 Å². The summed E-state index contributed by atoms with van der Waals surface area (Å²) >= 11 is 0. The molecule has 1 atom stereocenters. The molecule has 0 amide bonds. The van der Waals surface area contributed by atoms with Crippen molar-refractivity contribution >= 4 is 51.0 Å². The number of ether oxygens (including phenoxy) is 1. The van der Waals surface area contributed by atoms with Crippen LogP contribution < -0.4 is 9.64 Å². The summed E-state index contributed by atoms with van der Waals surface area (Å²) < 4.78 is 8.52. The minimum Gasteiger partial charge on any atom is -0.494 e. The molecule has 0 aliphatic heterocycles. The summed E-state index contributed by atoms with van der Waals surface area (Å²) in [7, 11) is 0. The molecule has 0 bridgehead atoms. The van der Waals surface area contributed by atoms with Crippen molar-refractivity contribution in [2.75, 3.05) is 11.5 Å². The zero-order valence-corrected chi connectivity index (χ0v) is 41.7. The summed E-state index contributed by atoms with van der Waals surface area (Å²) in [4.78, 5) is 2.42. The molecule has 1 aliphatic carbocycles. The normalized spacial score (nSPS) is 13.6. The van der Waals surface area contributed by atoms with Crippen LogP contribution in [0.15, 0.2) is 256 Å². The first-order chi connectivity index (χ1) is 36.6. The molecule has 12 rings (SSSR count). The third-order valence-corrected chi connectivity index (χ3v) is 15.2. The van der Waals surface area contributed by atoms with Gasteiger partial charge in [-0.1, -0.05) is 202 Å². The highest BCUT2D eigenvalue weighted by molar-refractivity contribution is 6.11. The van der Waals surface area contributed by atoms with E-state index in [0.717, 1.165) is 71.7 Å². The topological polar surface area (TPSA) is 17.4 Å². The molecule has 3 nitrogen and oxygen atoms in total. The number of anilines is 3. The lowest BCUT2D eigenvalue weighted by atomic mass is 9.69. The number of unbranched alkanes of at least 4 members (excludes halogenated alkanes) is 3. The molecule has 0 radical (unpaired) electrons. The minimum atomic E-state index is -0.308. The second-order valence-electron chi connectivity index (χ2n) is 19.5. The summed E-state index contributed by atoms with van der Waals surface area (Å²) in [6.07, 6.45) is 9.11. The first-order valence-corrected chi connectivity index (χ1v) is 26.1. The Bertz CT molecular complexity index is 3760. The van der Waals surface area contributed by atoms with E-state index in [2.05, 4.69) is 253 Å². The highest BCUT2D eigenvalue weighted by Gasteiger charge is 2.44. The van der Waals surface area contributed by atoms with Gasteiger partial charge in [0, 0.05) is 38.9 Å². The van der Waals surface area contributed by atoms with Crippen LogP contribution in [0.1, 0.15) is 59.9 Å². The Morgan fingerprint density at radius 2 is 0.932 bits per heavy atom. The summed E-state index contributed by atoms with van der Waals surface area (Å²) in [6.45, 7) is 8.55. The monoisotopic (exact) mass is 954 g/mol. The largest absolute Gasteiger partial charge is 0.494 e. The van der Waals surface area contributed by atoms with E-state index in [1.54, 1.807) is 0 Å². The van der Waals surface area contributed by atoms with Crippen LogP contribution in [0.25, 0.3) is 73.0 Å². The Kier molecular flexibility index (Phi) is 12.7. The lowest BCUT2D eigenvalue weighted by molar-refractivity contribution is 0.303. The molecule has 0 N–H and O–H groups in total. The molecular formula is C71H58N2O. The fourth-order valence-corrected chi connectivity index (χ4v) is 11.6. The van der Waals surface area contributed by atoms with E-state index in [4.69, 9.17) is 4.74 Å². The number of rotatable bonds is 17. The van der Waals surface area contributed by atoms with Gasteiger partial charge in [-0.15, -0.1) is 0 Å². The minimum absolute atomic E-state index is 0.308. The smallest absolute Gasteiger partial charge is 0.119 e. The summed E-state index contributed by atoms with van der Waals surface area (Å²) in [5.41, 5.74) is 20.2. The van der Waals surface area contributed by atoms with Gasteiger partial charge in [0.1, 0.15) is 5.75 Å². The molecule has 10 aromatic carbocycles. The van der Waals surface area contributed by atoms with Crippen LogP contribution >= 0.6 is 0 Å². The van der Waals surface area contributed by atoms with Crippen LogP contribution in [0.4, 0.5) is 17.1 Å². The molecule has 3 heteroatoms. The van der Waals surface area contributed by atoms with Crippen molar-refractivity contribution in [3.05, 3.63) is 284 Å². The number of nitrogens with zero attached hydrogens (tertiary/aromatic N) is 2. The summed E-state index contributed by atoms with van der Waals surface area (Å²) in [5.74, 6) is 0.914. The number of hydrogen-bond donors (Lipinski definition) is 0. The van der Waals surface area contributed by atoms with Gasteiger partial charge >= 0.3 is 0 Å². The second kappa shape index (κ2) is 20.3. The van der Waals surface area contributed by atoms with E-state index < -0.39 is 0 Å². The van der Waals surface area contributed by atoms with Crippen molar-refractivity contribution in [2.24, 2.45) is 0 Å². The number of para-hydroxylation sites is 2. The Labute approximate surface area is 435 Å². The van der Waals surface area contributed by atoms with Crippen LogP contribution in [-0.2, 0) is 5.41 Å². The predicted molar refractivity (Wildman–Crippen MR) is 313 cm³/mol. The zero-order valence-electron chi connectivity index (χ0n) is 41.7. The van der Waals surface area contributed by atoms with Crippen LogP contribution in [0.5, 0.6) is 5.75 Å². The summed E-state index contributed by atoms with van der Waals surface area (Å²) in [6, 6.07) is 88.9. The third kappa shape index (κ3) is 8.61. The van der Waals surface area contributed by atoms with Crippen molar-refractivity contribution in [1.82, 2.24) is 4.57 Å². The molecule has 358 valence electrons. The molecule has 0 saturated heterocycles. The second-order valence-corrected chi connectivity index (χ2v) is 19.5. The predicted octanol–water partition coefficient (Wildman–Crippen LogP) is 19.2. The molecule has 1 aliphatic rings. The molecule has 1 unspecified atom stereocenters. The molecule has 1 aromatic heterocycles. The fourth-order valence-electron chi connectivity index (χ4n) is 11.6. The van der Waals surface area contributed by atoms with E-state index in [1.807, 2.05) is 24.3 Å². The maximum atomic E-state index is 6.13. The molecule has 11 aromatic rings. The first kappa shape index (κ1) is 46.2. The van der Waals surface area contributed by atoms with Crippen LogP contribution in [0, 0.1) is 0 Å². The number of benzene rings is 10. The van der Waals surface area contributed by atoms with E-state index >= 15 is 0 Å². The Morgan fingerprint density at radius 3 is 1.58 bits per heavy atom. The lowest BCUT2D eigenvalue weighted by Crippen LogP contribution is -2.27. The molecule has 0 spiro atoms. The van der Waals surface area contributed by atoms with Gasteiger partial charge in [0.25, 0.3) is 0 Å². The maximum Gasteiger partial charge on any atom is 0.119 e. The Balaban J connectivity index is 0.888. The van der Waals surface area contributed by atoms with Gasteiger partial charge in [-0.25, -0.2) is 0 Å². The van der Waals surface area contributed by atoms with E-state index in [0.29, 0.717) is 6.61 Å². The number of fused-ring (bicyclic) bond motifs is 6. The van der Waals surface area contributed by atoms with Crippen molar-refractivity contribution < 1.29 is 4.74 Å². The lowest BCUT2D eigenvalue weighted by Gasteiger charge is -2.34. The first-order valence-electron chi connectivity index (χ1n) is 26.1. The average Bonchev–Trinajstić information content (AvgIpc) is 3.95. The highest BCUT2D eigenvalue weighted by atomic mass is 16.5. The van der Waals surface area contributed by atoms with Gasteiger partial charge in [0.2, 0.25) is 0 Å². The van der Waals surface area contributed by atoms with Gasteiger partial charge in [-0.2, -0.15) is 0 Å². The number of aromatic nitrogens is 1. The van der Waals surface area contributed by atoms with Gasteiger partial charge in [0.05, 0.1) is 17.6 Å². The SMILES string of the molecule is C=Cc1ccc(OCCCCCCC2(c3ccccc3)c3ccccc3-c3ccc(N(c4ccccc4)c4ccc(-c5ccc6c(c5)c5cc(-c7ccc(C=C)cc7)ccc5n6-c5ccccc5)cc4)cc32)cc1. The van der Waals surface area contributed by atoms with Gasteiger partial charge < -0.3 is 14.2 Å². The number of hydrogen-bond acceptors (Lipinski definition) is 2. The molecule has 1 heterocycles. The quantitative estimate of drug-likeness (QED) is 0.0846. The molecule has 0 saturated carbocycles. The Morgan fingerprint density at radius 1 is 0.419 bits per heavy atom. The van der Waals surface area contributed by atoms with E-state index in [1.165, 1.54) is 71.9 Å². The van der Waals surface area contributed by atoms with E-state index in [9.17, 15) is 0 Å². The van der Waals surface area contributed by atoms with Gasteiger partial charge in [-0.05, 0) is 159 Å². The molecular weight excluding hydrogens is 897 g/mol. The van der Waals surface area contributed by atoms with Crippen LogP contribution in [0.2, 0.25) is 0 Å².